The highest BCUT2D eigenvalue weighted by atomic mass is 15.4. The maximum atomic E-state index is 4.52. The van der Waals surface area contributed by atoms with E-state index in [2.05, 4.69) is 49.4 Å². The van der Waals surface area contributed by atoms with Gasteiger partial charge in [-0.15, -0.1) is 5.10 Å². The van der Waals surface area contributed by atoms with Crippen molar-refractivity contribution >= 4 is 5.95 Å². The van der Waals surface area contributed by atoms with Crippen LogP contribution < -0.4 is 10.2 Å². The average Bonchev–Trinajstić information content (AvgIpc) is 2.99. The zero-order valence-corrected chi connectivity index (χ0v) is 10.5. The number of nitrogens with zero attached hydrogens (tertiary/aromatic N) is 4. The number of H-pyrrole nitrogens is 2. The van der Waals surface area contributed by atoms with Crippen LogP contribution in [0.4, 0.5) is 5.95 Å². The molecule has 3 rings (SSSR count). The van der Waals surface area contributed by atoms with Crippen LogP contribution in [0, 0.1) is 0 Å². The Morgan fingerprint density at radius 1 is 1.28 bits per heavy atom. The lowest BCUT2D eigenvalue weighted by molar-refractivity contribution is 0.403. The van der Waals surface area contributed by atoms with E-state index in [0.29, 0.717) is 12.1 Å². The minimum Gasteiger partial charge on any atom is -0.336 e. The molecule has 0 aromatic carbocycles. The molecule has 1 aliphatic rings. The van der Waals surface area contributed by atoms with Crippen molar-refractivity contribution < 1.29 is 0 Å². The number of hydrogen-bond acceptors (Lipinski definition) is 5. The summed E-state index contributed by atoms with van der Waals surface area (Å²) >= 11 is 0. The summed E-state index contributed by atoms with van der Waals surface area (Å²) in [4.78, 5) is 6.72. The zero-order valence-electron chi connectivity index (χ0n) is 10.5. The molecule has 0 spiro atoms. The van der Waals surface area contributed by atoms with E-state index in [1.807, 2.05) is 0 Å². The van der Waals surface area contributed by atoms with Crippen LogP contribution in [-0.2, 0) is 0 Å². The number of piperazine rings is 1. The first-order valence-electron chi connectivity index (χ1n) is 6.15. The smallest absolute Gasteiger partial charge is 0.245 e. The molecule has 18 heavy (non-hydrogen) atoms. The summed E-state index contributed by atoms with van der Waals surface area (Å²) in [5, 5.41) is 17.4. The van der Waals surface area contributed by atoms with Crippen LogP contribution in [0.2, 0.25) is 0 Å². The Morgan fingerprint density at radius 3 is 2.72 bits per heavy atom. The second kappa shape index (κ2) is 4.41. The maximum absolute atomic E-state index is 4.52. The van der Waals surface area contributed by atoms with Crippen LogP contribution in [-0.4, -0.2) is 50.6 Å². The highest BCUT2D eigenvalue weighted by Gasteiger charge is 2.23. The van der Waals surface area contributed by atoms with Crippen LogP contribution in [0.3, 0.4) is 0 Å². The van der Waals surface area contributed by atoms with Gasteiger partial charge in [0, 0.05) is 31.4 Å². The molecular weight excluding hydrogens is 230 g/mol. The van der Waals surface area contributed by atoms with Crippen molar-refractivity contribution in [3.8, 4) is 11.4 Å². The van der Waals surface area contributed by atoms with Crippen molar-refractivity contribution in [1.82, 2.24) is 30.7 Å². The molecule has 2 unspecified atom stereocenters. The van der Waals surface area contributed by atoms with Gasteiger partial charge >= 0.3 is 0 Å². The van der Waals surface area contributed by atoms with E-state index in [4.69, 9.17) is 0 Å². The molecule has 7 nitrogen and oxygen atoms in total. The SMILES string of the molecule is CC1CN(c2n[nH]c(-c3cn[nH]c3)n2)CC(C)N1. The van der Waals surface area contributed by atoms with Gasteiger partial charge in [0.2, 0.25) is 5.95 Å². The molecule has 1 fully saturated rings. The van der Waals surface area contributed by atoms with E-state index in [1.54, 1.807) is 12.4 Å². The van der Waals surface area contributed by atoms with E-state index in [0.717, 1.165) is 30.4 Å². The maximum Gasteiger partial charge on any atom is 0.245 e. The van der Waals surface area contributed by atoms with Gasteiger partial charge in [0.1, 0.15) is 0 Å². The molecule has 2 atom stereocenters. The monoisotopic (exact) mass is 247 g/mol. The Labute approximate surface area is 105 Å². The van der Waals surface area contributed by atoms with Gasteiger partial charge in [-0.2, -0.15) is 10.1 Å². The van der Waals surface area contributed by atoms with E-state index in [1.165, 1.54) is 0 Å². The van der Waals surface area contributed by atoms with Gasteiger partial charge < -0.3 is 10.2 Å². The standard InChI is InChI=1S/C11H17N7/c1-7-5-18(6-8(2)14-7)11-15-10(16-17-11)9-3-12-13-4-9/h3-4,7-8,14H,5-6H2,1-2H3,(H,12,13)(H,15,16,17). The Kier molecular flexibility index (Phi) is 2.75. The lowest BCUT2D eigenvalue weighted by atomic mass is 10.1. The summed E-state index contributed by atoms with van der Waals surface area (Å²) in [6, 6.07) is 0.897. The fourth-order valence-corrected chi connectivity index (χ4v) is 2.39. The second-order valence-electron chi connectivity index (χ2n) is 4.84. The van der Waals surface area contributed by atoms with E-state index in [-0.39, 0.29) is 0 Å². The second-order valence-corrected chi connectivity index (χ2v) is 4.84. The van der Waals surface area contributed by atoms with Gasteiger partial charge in [-0.3, -0.25) is 10.2 Å². The summed E-state index contributed by atoms with van der Waals surface area (Å²) in [5.41, 5.74) is 0.921. The Hall–Kier alpha value is -1.89. The fourth-order valence-electron chi connectivity index (χ4n) is 2.39. The quantitative estimate of drug-likeness (QED) is 0.714. The molecule has 0 aliphatic carbocycles. The summed E-state index contributed by atoms with van der Waals surface area (Å²) in [6.07, 6.45) is 3.53. The number of aromatic nitrogens is 5. The predicted octanol–water partition coefficient (Wildman–Crippen LogP) is 0.381. The Bertz CT molecular complexity index is 493. The number of rotatable bonds is 2. The molecule has 0 saturated carbocycles. The van der Waals surface area contributed by atoms with E-state index < -0.39 is 0 Å². The molecule has 0 radical (unpaired) electrons. The average molecular weight is 247 g/mol. The molecule has 7 heteroatoms. The van der Waals surface area contributed by atoms with Crippen molar-refractivity contribution in [2.75, 3.05) is 18.0 Å². The predicted molar refractivity (Wildman–Crippen MR) is 68.2 cm³/mol. The molecule has 96 valence electrons. The Balaban J connectivity index is 1.80. The van der Waals surface area contributed by atoms with Gasteiger partial charge in [-0.25, -0.2) is 0 Å². The molecule has 2 aromatic rings. The van der Waals surface area contributed by atoms with Crippen molar-refractivity contribution in [2.45, 2.75) is 25.9 Å². The van der Waals surface area contributed by atoms with Crippen molar-refractivity contribution in [2.24, 2.45) is 0 Å². The molecule has 2 aromatic heterocycles. The van der Waals surface area contributed by atoms with Gasteiger partial charge in [0.15, 0.2) is 5.82 Å². The molecule has 3 N–H and O–H groups in total. The lowest BCUT2D eigenvalue weighted by Crippen LogP contribution is -2.54. The van der Waals surface area contributed by atoms with Gasteiger partial charge in [-0.1, -0.05) is 0 Å². The molecule has 1 saturated heterocycles. The molecular formula is C11H17N7. The highest BCUT2D eigenvalue weighted by Crippen LogP contribution is 2.17. The largest absolute Gasteiger partial charge is 0.336 e. The van der Waals surface area contributed by atoms with Crippen molar-refractivity contribution in [3.05, 3.63) is 12.4 Å². The van der Waals surface area contributed by atoms with Crippen LogP contribution in [0.1, 0.15) is 13.8 Å². The van der Waals surface area contributed by atoms with Crippen LogP contribution in [0.15, 0.2) is 12.4 Å². The normalized spacial score (nSPS) is 24.4. The van der Waals surface area contributed by atoms with Crippen molar-refractivity contribution in [1.29, 1.82) is 0 Å². The molecule has 1 aliphatic heterocycles. The third kappa shape index (κ3) is 2.08. The molecule has 0 amide bonds. The molecule has 3 heterocycles. The first-order valence-corrected chi connectivity index (χ1v) is 6.15. The van der Waals surface area contributed by atoms with Crippen LogP contribution >= 0.6 is 0 Å². The number of nitrogens with one attached hydrogen (secondary N) is 3. The first kappa shape index (κ1) is 11.2. The van der Waals surface area contributed by atoms with Crippen LogP contribution in [0.5, 0.6) is 0 Å². The zero-order chi connectivity index (χ0) is 12.5. The first-order chi connectivity index (χ1) is 8.72. The van der Waals surface area contributed by atoms with Gasteiger partial charge in [0.25, 0.3) is 0 Å². The number of hydrogen-bond donors (Lipinski definition) is 3. The van der Waals surface area contributed by atoms with Crippen molar-refractivity contribution in [3.63, 3.8) is 0 Å². The highest BCUT2D eigenvalue weighted by molar-refractivity contribution is 5.53. The summed E-state index contributed by atoms with van der Waals surface area (Å²) < 4.78 is 0. The minimum atomic E-state index is 0.449. The van der Waals surface area contributed by atoms with Gasteiger partial charge in [-0.05, 0) is 13.8 Å². The third-order valence-electron chi connectivity index (χ3n) is 3.09. The minimum absolute atomic E-state index is 0.449. The lowest BCUT2D eigenvalue weighted by Gasteiger charge is -2.35. The Morgan fingerprint density at radius 2 is 2.06 bits per heavy atom. The summed E-state index contributed by atoms with van der Waals surface area (Å²) in [6.45, 7) is 6.19. The van der Waals surface area contributed by atoms with E-state index >= 15 is 0 Å². The number of aromatic amines is 2. The summed E-state index contributed by atoms with van der Waals surface area (Å²) in [7, 11) is 0. The van der Waals surface area contributed by atoms with Gasteiger partial charge in [0.05, 0.1) is 11.8 Å². The van der Waals surface area contributed by atoms with E-state index in [9.17, 15) is 0 Å². The fraction of sp³-hybridized carbons (Fsp3) is 0.545. The molecule has 0 bridgehead atoms. The summed E-state index contributed by atoms with van der Waals surface area (Å²) in [5.74, 6) is 1.50. The number of anilines is 1. The van der Waals surface area contributed by atoms with Crippen LogP contribution in [0.25, 0.3) is 11.4 Å². The topological polar surface area (TPSA) is 85.5 Å². The third-order valence-corrected chi connectivity index (χ3v) is 3.09.